The van der Waals surface area contributed by atoms with Crippen molar-refractivity contribution in [2.24, 2.45) is 5.92 Å². The Bertz CT molecular complexity index is 806. The Kier molecular flexibility index (Phi) is 7.55. The first-order valence-corrected chi connectivity index (χ1v) is 9.42. The lowest BCUT2D eigenvalue weighted by molar-refractivity contribution is -0.124. The molecule has 28 heavy (non-hydrogen) atoms. The fraction of sp³-hybridized carbons (Fsp3) is 0.364. The molecule has 2 N–H and O–H groups in total. The maximum Gasteiger partial charge on any atom is 0.255 e. The lowest BCUT2D eigenvalue weighted by Gasteiger charge is -2.24. The van der Waals surface area contributed by atoms with E-state index in [9.17, 15) is 14.0 Å². The zero-order valence-corrected chi connectivity index (χ0v) is 16.7. The molecule has 0 saturated heterocycles. The van der Waals surface area contributed by atoms with Crippen molar-refractivity contribution in [1.29, 1.82) is 0 Å². The number of hydrogen-bond donors (Lipinski definition) is 2. The molecule has 2 aromatic rings. The van der Waals surface area contributed by atoms with Crippen molar-refractivity contribution in [3.63, 3.8) is 0 Å². The van der Waals surface area contributed by atoms with E-state index in [0.717, 1.165) is 5.56 Å². The summed E-state index contributed by atoms with van der Waals surface area (Å²) in [5.74, 6) is -0.641. The number of ether oxygens (including phenoxy) is 1. The zero-order valence-electron chi connectivity index (χ0n) is 16.7. The molecule has 2 rings (SSSR count). The molecule has 0 heterocycles. The van der Waals surface area contributed by atoms with Crippen molar-refractivity contribution in [3.05, 3.63) is 65.5 Å². The van der Waals surface area contributed by atoms with E-state index >= 15 is 0 Å². The molecule has 2 aromatic carbocycles. The molecule has 0 saturated carbocycles. The predicted octanol–water partition coefficient (Wildman–Crippen LogP) is 3.86. The number of carbonyl (C=O) groups is 2. The van der Waals surface area contributed by atoms with E-state index in [2.05, 4.69) is 10.6 Å². The normalized spacial score (nSPS) is 12.9. The summed E-state index contributed by atoms with van der Waals surface area (Å²) in [6.07, 6.45) is 0. The molecule has 6 heteroatoms. The first kappa shape index (κ1) is 21.4. The van der Waals surface area contributed by atoms with E-state index in [0.29, 0.717) is 17.9 Å². The molecule has 5 nitrogen and oxygen atoms in total. The van der Waals surface area contributed by atoms with Crippen LogP contribution >= 0.6 is 0 Å². The van der Waals surface area contributed by atoms with Crippen LogP contribution in [0, 0.1) is 11.7 Å². The van der Waals surface area contributed by atoms with Crippen LogP contribution in [0.3, 0.4) is 0 Å². The van der Waals surface area contributed by atoms with Gasteiger partial charge in [0.25, 0.3) is 5.91 Å². The fourth-order valence-electron chi connectivity index (χ4n) is 2.83. The summed E-state index contributed by atoms with van der Waals surface area (Å²) in [7, 11) is 0. The summed E-state index contributed by atoms with van der Waals surface area (Å²) < 4.78 is 18.6. The number of halogens is 1. The molecule has 0 radical (unpaired) electrons. The Labute approximate surface area is 165 Å². The van der Waals surface area contributed by atoms with Gasteiger partial charge in [-0.15, -0.1) is 0 Å². The maximum atomic E-state index is 13.1. The standard InChI is InChI=1S/C22H27FN2O3/c1-5-28-19-9-7-6-8-18(19)21(26)25-20(14(2)3)22(27)24-15(4)16-10-12-17(23)13-11-16/h6-15,20H,5H2,1-4H3,(H,24,27)(H,25,26). The number of carbonyl (C=O) groups excluding carboxylic acids is 2. The summed E-state index contributed by atoms with van der Waals surface area (Å²) in [4.78, 5) is 25.5. The topological polar surface area (TPSA) is 67.4 Å². The number of benzene rings is 2. The molecule has 0 spiro atoms. The largest absolute Gasteiger partial charge is 0.493 e. The molecule has 2 amide bonds. The summed E-state index contributed by atoms with van der Waals surface area (Å²) in [6, 6.07) is 11.8. The van der Waals surface area contributed by atoms with Gasteiger partial charge in [0.05, 0.1) is 18.2 Å². The molecular weight excluding hydrogens is 359 g/mol. The van der Waals surface area contributed by atoms with E-state index in [1.54, 1.807) is 36.4 Å². The van der Waals surface area contributed by atoms with E-state index in [1.807, 2.05) is 27.7 Å². The zero-order chi connectivity index (χ0) is 20.7. The number of rotatable bonds is 8. The van der Waals surface area contributed by atoms with Crippen LogP contribution in [-0.4, -0.2) is 24.5 Å². The van der Waals surface area contributed by atoms with Crippen molar-refractivity contribution in [2.45, 2.75) is 39.8 Å². The third kappa shape index (κ3) is 5.55. The lowest BCUT2D eigenvalue weighted by atomic mass is 10.0. The summed E-state index contributed by atoms with van der Waals surface area (Å²) in [5, 5.41) is 5.69. The smallest absolute Gasteiger partial charge is 0.255 e. The van der Waals surface area contributed by atoms with Crippen LogP contribution in [0.15, 0.2) is 48.5 Å². The van der Waals surface area contributed by atoms with Crippen LogP contribution in [0.4, 0.5) is 4.39 Å². The monoisotopic (exact) mass is 386 g/mol. The van der Waals surface area contributed by atoms with Gasteiger partial charge >= 0.3 is 0 Å². The Hall–Kier alpha value is -2.89. The molecular formula is C22H27FN2O3. The van der Waals surface area contributed by atoms with Crippen LogP contribution in [0.2, 0.25) is 0 Å². The van der Waals surface area contributed by atoms with Gasteiger partial charge in [0.1, 0.15) is 17.6 Å². The van der Waals surface area contributed by atoms with Gasteiger partial charge in [-0.3, -0.25) is 9.59 Å². The summed E-state index contributed by atoms with van der Waals surface area (Å²) in [5.41, 5.74) is 1.17. The van der Waals surface area contributed by atoms with Gasteiger partial charge in [0, 0.05) is 0 Å². The molecule has 0 aromatic heterocycles. The van der Waals surface area contributed by atoms with Gasteiger partial charge in [-0.2, -0.15) is 0 Å². The Morgan fingerprint density at radius 2 is 1.64 bits per heavy atom. The Morgan fingerprint density at radius 1 is 1.00 bits per heavy atom. The first-order valence-electron chi connectivity index (χ1n) is 9.42. The first-order chi connectivity index (χ1) is 13.3. The lowest BCUT2D eigenvalue weighted by Crippen LogP contribution is -2.50. The Balaban J connectivity index is 2.11. The average molecular weight is 386 g/mol. The van der Waals surface area contributed by atoms with Gasteiger partial charge in [0.2, 0.25) is 5.91 Å². The number of hydrogen-bond acceptors (Lipinski definition) is 3. The molecule has 0 aliphatic rings. The van der Waals surface area contributed by atoms with Crippen molar-refractivity contribution in [2.75, 3.05) is 6.61 Å². The quantitative estimate of drug-likeness (QED) is 0.724. The maximum absolute atomic E-state index is 13.1. The third-order valence-electron chi connectivity index (χ3n) is 4.40. The van der Waals surface area contributed by atoms with Gasteiger partial charge in [-0.1, -0.05) is 38.1 Å². The second-order valence-electron chi connectivity index (χ2n) is 6.91. The molecule has 0 fully saturated rings. The number of amides is 2. The molecule has 0 bridgehead atoms. The molecule has 2 atom stereocenters. The minimum Gasteiger partial charge on any atom is -0.493 e. The highest BCUT2D eigenvalue weighted by molar-refractivity contribution is 5.99. The summed E-state index contributed by atoms with van der Waals surface area (Å²) in [6.45, 7) is 7.82. The molecule has 2 unspecified atom stereocenters. The van der Waals surface area contributed by atoms with Gasteiger partial charge in [-0.25, -0.2) is 4.39 Å². The van der Waals surface area contributed by atoms with E-state index in [4.69, 9.17) is 4.74 Å². The summed E-state index contributed by atoms with van der Waals surface area (Å²) >= 11 is 0. The highest BCUT2D eigenvalue weighted by Gasteiger charge is 2.27. The van der Waals surface area contributed by atoms with Crippen LogP contribution in [-0.2, 0) is 4.79 Å². The van der Waals surface area contributed by atoms with Gasteiger partial charge in [-0.05, 0) is 49.6 Å². The SMILES string of the molecule is CCOc1ccccc1C(=O)NC(C(=O)NC(C)c1ccc(F)cc1)C(C)C. The van der Waals surface area contributed by atoms with Crippen LogP contribution in [0.25, 0.3) is 0 Å². The van der Waals surface area contributed by atoms with Crippen molar-refractivity contribution in [3.8, 4) is 5.75 Å². The highest BCUT2D eigenvalue weighted by atomic mass is 19.1. The Morgan fingerprint density at radius 3 is 2.25 bits per heavy atom. The number of nitrogens with one attached hydrogen (secondary N) is 2. The van der Waals surface area contributed by atoms with Crippen LogP contribution < -0.4 is 15.4 Å². The highest BCUT2D eigenvalue weighted by Crippen LogP contribution is 2.19. The molecule has 0 aliphatic carbocycles. The van der Waals surface area contributed by atoms with Crippen LogP contribution in [0.1, 0.15) is 49.7 Å². The second-order valence-corrected chi connectivity index (χ2v) is 6.91. The van der Waals surface area contributed by atoms with E-state index in [-0.39, 0.29) is 29.6 Å². The second kappa shape index (κ2) is 9.88. The van der Waals surface area contributed by atoms with Gasteiger partial charge in [0.15, 0.2) is 0 Å². The van der Waals surface area contributed by atoms with Gasteiger partial charge < -0.3 is 15.4 Å². The molecule has 150 valence electrons. The third-order valence-corrected chi connectivity index (χ3v) is 4.40. The minimum atomic E-state index is -0.718. The molecule has 0 aliphatic heterocycles. The average Bonchev–Trinajstić information content (AvgIpc) is 2.66. The van der Waals surface area contributed by atoms with Crippen molar-refractivity contribution in [1.82, 2.24) is 10.6 Å². The van der Waals surface area contributed by atoms with Crippen molar-refractivity contribution < 1.29 is 18.7 Å². The van der Waals surface area contributed by atoms with Crippen LogP contribution in [0.5, 0.6) is 5.75 Å². The predicted molar refractivity (Wildman–Crippen MR) is 107 cm³/mol. The van der Waals surface area contributed by atoms with Crippen molar-refractivity contribution >= 4 is 11.8 Å². The van der Waals surface area contributed by atoms with E-state index in [1.165, 1.54) is 12.1 Å². The number of para-hydroxylation sites is 1. The van der Waals surface area contributed by atoms with E-state index < -0.39 is 6.04 Å². The minimum absolute atomic E-state index is 0.122. The fourth-order valence-corrected chi connectivity index (χ4v) is 2.83.